The van der Waals surface area contributed by atoms with E-state index in [1.165, 1.54) is 0 Å². The van der Waals surface area contributed by atoms with E-state index >= 15 is 0 Å². The molecule has 0 aromatic carbocycles. The van der Waals surface area contributed by atoms with Crippen molar-refractivity contribution < 1.29 is 0 Å². The maximum atomic E-state index is 5.75. The van der Waals surface area contributed by atoms with Crippen molar-refractivity contribution in [2.24, 2.45) is 0 Å². The molecule has 0 aliphatic rings. The summed E-state index contributed by atoms with van der Waals surface area (Å²) in [5.74, 6) is 5.99. The summed E-state index contributed by atoms with van der Waals surface area (Å²) in [4.78, 5) is 7.97. The summed E-state index contributed by atoms with van der Waals surface area (Å²) in [6, 6.07) is 7.28. The molecular weight excluding hydrogens is 288 g/mol. The zero-order valence-electron chi connectivity index (χ0n) is 8.11. The van der Waals surface area contributed by atoms with Gasteiger partial charge in [-0.3, -0.25) is 0 Å². The highest BCUT2D eigenvalue weighted by atomic mass is 79.9. The van der Waals surface area contributed by atoms with Gasteiger partial charge in [0.15, 0.2) is 0 Å². The van der Waals surface area contributed by atoms with Crippen molar-refractivity contribution in [2.45, 2.75) is 0 Å². The fourth-order valence-electron chi connectivity index (χ4n) is 1.07. The Hall–Kier alpha value is -1.37. The largest absolute Gasteiger partial charge is 0.248 e. The minimum absolute atomic E-state index is 0.445. The van der Waals surface area contributed by atoms with Gasteiger partial charge in [-0.15, -0.1) is 0 Å². The monoisotopic (exact) mass is 292 g/mol. The molecule has 4 heteroatoms. The van der Waals surface area contributed by atoms with Crippen LogP contribution in [0.5, 0.6) is 0 Å². The minimum Gasteiger partial charge on any atom is -0.248 e. The van der Waals surface area contributed by atoms with Crippen molar-refractivity contribution in [2.75, 3.05) is 0 Å². The predicted octanol–water partition coefficient (Wildman–Crippen LogP) is 3.29. The van der Waals surface area contributed by atoms with E-state index in [-0.39, 0.29) is 0 Å². The summed E-state index contributed by atoms with van der Waals surface area (Å²) in [6.07, 6.45) is 3.34. The van der Waals surface area contributed by atoms with Gasteiger partial charge in [-0.05, 0) is 40.2 Å². The third-order valence-corrected chi connectivity index (χ3v) is 2.48. The standard InChI is InChI=1S/C12H6BrClN2/c13-11-4-3-10(8-16-11)2-1-9-5-6-15-12(14)7-9/h3-8H. The SMILES string of the molecule is Clc1cc(C#Cc2ccc(Br)nc2)ccn1. The molecule has 0 saturated heterocycles. The van der Waals surface area contributed by atoms with Crippen LogP contribution in [0.1, 0.15) is 11.1 Å². The smallest absolute Gasteiger partial charge is 0.130 e. The molecule has 0 amide bonds. The molecule has 0 bridgehead atoms. The number of halogens is 2. The van der Waals surface area contributed by atoms with Crippen LogP contribution >= 0.6 is 27.5 Å². The summed E-state index contributed by atoms with van der Waals surface area (Å²) in [6.45, 7) is 0. The number of nitrogens with zero attached hydrogens (tertiary/aromatic N) is 2. The van der Waals surface area contributed by atoms with Crippen molar-refractivity contribution >= 4 is 27.5 Å². The van der Waals surface area contributed by atoms with E-state index in [2.05, 4.69) is 37.7 Å². The maximum Gasteiger partial charge on any atom is 0.130 e. The van der Waals surface area contributed by atoms with Gasteiger partial charge in [-0.25, -0.2) is 9.97 Å². The minimum atomic E-state index is 0.445. The van der Waals surface area contributed by atoms with Crippen LogP contribution in [-0.4, -0.2) is 9.97 Å². The van der Waals surface area contributed by atoms with Crippen molar-refractivity contribution in [1.82, 2.24) is 9.97 Å². The van der Waals surface area contributed by atoms with E-state index in [9.17, 15) is 0 Å². The lowest BCUT2D eigenvalue weighted by atomic mass is 10.2. The second-order valence-electron chi connectivity index (χ2n) is 2.99. The van der Waals surface area contributed by atoms with Gasteiger partial charge in [0, 0.05) is 23.5 Å². The first-order valence-electron chi connectivity index (χ1n) is 4.49. The molecule has 16 heavy (non-hydrogen) atoms. The molecule has 0 N–H and O–H groups in total. The molecule has 78 valence electrons. The van der Waals surface area contributed by atoms with Gasteiger partial charge in [0.05, 0.1) is 0 Å². The zero-order chi connectivity index (χ0) is 11.4. The third-order valence-electron chi connectivity index (χ3n) is 1.81. The number of hydrogen-bond donors (Lipinski definition) is 0. The van der Waals surface area contributed by atoms with Crippen molar-refractivity contribution in [1.29, 1.82) is 0 Å². The van der Waals surface area contributed by atoms with E-state index in [0.717, 1.165) is 15.7 Å². The molecule has 0 atom stereocenters. The Morgan fingerprint density at radius 3 is 2.56 bits per heavy atom. The second kappa shape index (κ2) is 5.11. The quantitative estimate of drug-likeness (QED) is 0.550. The maximum absolute atomic E-state index is 5.75. The third kappa shape index (κ3) is 3.06. The van der Waals surface area contributed by atoms with Crippen LogP contribution < -0.4 is 0 Å². The summed E-state index contributed by atoms with van der Waals surface area (Å²) < 4.78 is 0.796. The van der Waals surface area contributed by atoms with Crippen molar-refractivity contribution in [3.05, 3.63) is 57.5 Å². The van der Waals surface area contributed by atoms with Crippen molar-refractivity contribution in [3.63, 3.8) is 0 Å². The molecule has 2 rings (SSSR count). The highest BCUT2D eigenvalue weighted by Crippen LogP contribution is 2.07. The molecular formula is C12H6BrClN2. The average Bonchev–Trinajstić information content (AvgIpc) is 2.28. The van der Waals surface area contributed by atoms with E-state index in [0.29, 0.717) is 5.15 Å². The van der Waals surface area contributed by atoms with Crippen LogP contribution in [0, 0.1) is 11.8 Å². The van der Waals surface area contributed by atoms with Gasteiger partial charge in [0.25, 0.3) is 0 Å². The topological polar surface area (TPSA) is 25.8 Å². The molecule has 0 fully saturated rings. The van der Waals surface area contributed by atoms with Crippen molar-refractivity contribution in [3.8, 4) is 11.8 Å². The van der Waals surface area contributed by atoms with Crippen LogP contribution in [-0.2, 0) is 0 Å². The van der Waals surface area contributed by atoms with Gasteiger partial charge in [-0.1, -0.05) is 23.4 Å². The lowest BCUT2D eigenvalue weighted by molar-refractivity contribution is 1.26. The molecule has 2 aromatic rings. The van der Waals surface area contributed by atoms with Crippen LogP contribution in [0.4, 0.5) is 0 Å². The lowest BCUT2D eigenvalue weighted by Crippen LogP contribution is -1.80. The highest BCUT2D eigenvalue weighted by Gasteiger charge is 1.91. The molecule has 2 heterocycles. The van der Waals surface area contributed by atoms with Crippen LogP contribution in [0.15, 0.2) is 41.3 Å². The van der Waals surface area contributed by atoms with E-state index in [1.807, 2.05) is 18.2 Å². The summed E-state index contributed by atoms with van der Waals surface area (Å²) in [5.41, 5.74) is 1.69. The van der Waals surface area contributed by atoms with Crippen LogP contribution in [0.3, 0.4) is 0 Å². The summed E-state index contributed by atoms with van der Waals surface area (Å²) in [7, 11) is 0. The second-order valence-corrected chi connectivity index (χ2v) is 4.19. The fourth-order valence-corrected chi connectivity index (χ4v) is 1.48. The molecule has 0 unspecified atom stereocenters. The van der Waals surface area contributed by atoms with E-state index in [1.54, 1.807) is 18.5 Å². The van der Waals surface area contributed by atoms with Crippen LogP contribution in [0.2, 0.25) is 5.15 Å². The van der Waals surface area contributed by atoms with E-state index in [4.69, 9.17) is 11.6 Å². The molecule has 0 aliphatic carbocycles. The number of aromatic nitrogens is 2. The Kier molecular flexibility index (Phi) is 3.55. The lowest BCUT2D eigenvalue weighted by Gasteiger charge is -1.91. The molecule has 0 saturated carbocycles. The fraction of sp³-hybridized carbons (Fsp3) is 0. The molecule has 2 nitrogen and oxygen atoms in total. The zero-order valence-corrected chi connectivity index (χ0v) is 10.5. The Bertz CT molecular complexity index is 555. The van der Waals surface area contributed by atoms with Gasteiger partial charge in [-0.2, -0.15) is 0 Å². The number of hydrogen-bond acceptors (Lipinski definition) is 2. The van der Waals surface area contributed by atoms with E-state index < -0.39 is 0 Å². The Morgan fingerprint density at radius 2 is 1.88 bits per heavy atom. The first-order valence-corrected chi connectivity index (χ1v) is 5.66. The highest BCUT2D eigenvalue weighted by molar-refractivity contribution is 9.10. The van der Waals surface area contributed by atoms with Gasteiger partial charge < -0.3 is 0 Å². The van der Waals surface area contributed by atoms with Gasteiger partial charge in [0.1, 0.15) is 9.76 Å². The van der Waals surface area contributed by atoms with Crippen LogP contribution in [0.25, 0.3) is 0 Å². The molecule has 0 spiro atoms. The molecule has 2 aromatic heterocycles. The normalized spacial score (nSPS) is 9.38. The number of pyridine rings is 2. The average molecular weight is 294 g/mol. The summed E-state index contributed by atoms with van der Waals surface area (Å²) >= 11 is 9.02. The van der Waals surface area contributed by atoms with Gasteiger partial charge in [0.2, 0.25) is 0 Å². The first kappa shape index (κ1) is 11.1. The Labute approximate surface area is 107 Å². The Morgan fingerprint density at radius 1 is 1.06 bits per heavy atom. The molecule has 0 aliphatic heterocycles. The van der Waals surface area contributed by atoms with Gasteiger partial charge >= 0.3 is 0 Å². The first-order chi connectivity index (χ1) is 7.74. The number of rotatable bonds is 0. The summed E-state index contributed by atoms with van der Waals surface area (Å²) in [5, 5.41) is 0.445. The molecule has 0 radical (unpaired) electrons. The predicted molar refractivity (Wildman–Crippen MR) is 67.2 cm³/mol. The Balaban J connectivity index is 2.25.